The molecular formula is C9H12N2O4. The van der Waals surface area contributed by atoms with Gasteiger partial charge < -0.3 is 9.30 Å². The van der Waals surface area contributed by atoms with E-state index in [2.05, 4.69) is 4.74 Å². The molecule has 0 amide bonds. The van der Waals surface area contributed by atoms with Crippen molar-refractivity contribution in [1.29, 1.82) is 0 Å². The monoisotopic (exact) mass is 212 g/mol. The lowest BCUT2D eigenvalue weighted by atomic mass is 10.3. The number of hydrogen-bond acceptors (Lipinski definition) is 4. The van der Waals surface area contributed by atoms with Gasteiger partial charge in [0.05, 0.1) is 13.5 Å². The normalized spacial score (nSPS) is 10.0. The molecule has 6 nitrogen and oxygen atoms in total. The van der Waals surface area contributed by atoms with E-state index in [1.54, 1.807) is 23.7 Å². The lowest BCUT2D eigenvalue weighted by Crippen LogP contribution is -2.12. The number of rotatable bonds is 4. The minimum atomic E-state index is -0.440. The van der Waals surface area contributed by atoms with Crippen molar-refractivity contribution in [2.24, 2.45) is 7.05 Å². The molecule has 0 saturated carbocycles. The van der Waals surface area contributed by atoms with E-state index >= 15 is 0 Å². The second-order valence-electron chi connectivity index (χ2n) is 3.07. The molecule has 1 aromatic rings. The summed E-state index contributed by atoms with van der Waals surface area (Å²) >= 11 is 0. The molecule has 0 atom stereocenters. The van der Waals surface area contributed by atoms with Gasteiger partial charge in [-0.05, 0) is 12.1 Å². The molecule has 82 valence electrons. The molecule has 6 heteroatoms. The molecule has 15 heavy (non-hydrogen) atoms. The number of methoxy groups -OCH3 is 1. The number of ether oxygens (including phenoxy) is 1. The molecule has 0 unspecified atom stereocenters. The Kier molecular flexibility index (Phi) is 3.43. The maximum absolute atomic E-state index is 11.2. The molecule has 0 radical (unpaired) electrons. The highest BCUT2D eigenvalue weighted by molar-refractivity contribution is 5.87. The van der Waals surface area contributed by atoms with Crippen LogP contribution in [0.1, 0.15) is 16.2 Å². The first-order chi connectivity index (χ1) is 7.06. The summed E-state index contributed by atoms with van der Waals surface area (Å²) in [7, 11) is 2.98. The predicted octanol–water partition coefficient (Wildman–Crippen LogP) is 0.631. The third kappa shape index (κ3) is 2.55. The molecule has 1 heterocycles. The van der Waals surface area contributed by atoms with Gasteiger partial charge in [-0.3, -0.25) is 10.1 Å². The van der Waals surface area contributed by atoms with Crippen LogP contribution in [0.5, 0.6) is 0 Å². The maximum Gasteiger partial charge on any atom is 0.354 e. The molecule has 0 aliphatic rings. The van der Waals surface area contributed by atoms with Crippen molar-refractivity contribution in [1.82, 2.24) is 4.57 Å². The standard InChI is InChI=1S/C9H12N2O4/c1-10-7(5-6-11(13)14)3-4-8(10)9(12)15-2/h3-4H,5-6H2,1-2H3. The lowest BCUT2D eigenvalue weighted by molar-refractivity contribution is -0.479. The van der Waals surface area contributed by atoms with Crippen molar-refractivity contribution in [3.63, 3.8) is 0 Å². The van der Waals surface area contributed by atoms with Gasteiger partial charge >= 0.3 is 5.97 Å². The summed E-state index contributed by atoms with van der Waals surface area (Å²) in [6, 6.07) is 3.29. The first-order valence-corrected chi connectivity index (χ1v) is 4.41. The Morgan fingerprint density at radius 2 is 2.27 bits per heavy atom. The zero-order chi connectivity index (χ0) is 11.4. The third-order valence-electron chi connectivity index (χ3n) is 2.17. The quantitative estimate of drug-likeness (QED) is 0.417. The molecule has 1 rings (SSSR count). The lowest BCUT2D eigenvalue weighted by Gasteiger charge is -2.04. The average molecular weight is 212 g/mol. The SMILES string of the molecule is COC(=O)c1ccc(CC[N+](=O)[O-])n1C. The van der Waals surface area contributed by atoms with Crippen LogP contribution in [-0.4, -0.2) is 29.1 Å². The highest BCUT2D eigenvalue weighted by Gasteiger charge is 2.13. The zero-order valence-corrected chi connectivity index (χ0v) is 8.60. The van der Waals surface area contributed by atoms with Gasteiger partial charge in [0, 0.05) is 17.7 Å². The van der Waals surface area contributed by atoms with Crippen LogP contribution in [0.2, 0.25) is 0 Å². The molecular weight excluding hydrogens is 200 g/mol. The van der Waals surface area contributed by atoms with Crippen molar-refractivity contribution in [3.8, 4) is 0 Å². The Labute approximate surface area is 86.6 Å². The minimum Gasteiger partial charge on any atom is -0.464 e. The fourth-order valence-corrected chi connectivity index (χ4v) is 1.32. The van der Waals surface area contributed by atoms with Crippen molar-refractivity contribution in [2.75, 3.05) is 13.7 Å². The summed E-state index contributed by atoms with van der Waals surface area (Å²) in [5.74, 6) is -0.440. The largest absolute Gasteiger partial charge is 0.464 e. The van der Waals surface area contributed by atoms with Crippen molar-refractivity contribution in [2.45, 2.75) is 6.42 Å². The van der Waals surface area contributed by atoms with Gasteiger partial charge in [-0.1, -0.05) is 0 Å². The average Bonchev–Trinajstić information content (AvgIpc) is 2.56. The van der Waals surface area contributed by atoms with E-state index in [-0.39, 0.29) is 11.5 Å². The van der Waals surface area contributed by atoms with E-state index in [0.29, 0.717) is 12.1 Å². The predicted molar refractivity (Wildman–Crippen MR) is 52.3 cm³/mol. The van der Waals surface area contributed by atoms with E-state index in [9.17, 15) is 14.9 Å². The Morgan fingerprint density at radius 3 is 2.80 bits per heavy atom. The number of nitrogens with zero attached hydrogens (tertiary/aromatic N) is 2. The fraction of sp³-hybridized carbons (Fsp3) is 0.444. The molecule has 0 aromatic carbocycles. The van der Waals surface area contributed by atoms with Gasteiger partial charge in [-0.2, -0.15) is 0 Å². The van der Waals surface area contributed by atoms with Gasteiger partial charge in [-0.15, -0.1) is 0 Å². The highest BCUT2D eigenvalue weighted by Crippen LogP contribution is 2.09. The second-order valence-corrected chi connectivity index (χ2v) is 3.07. The van der Waals surface area contributed by atoms with E-state index in [4.69, 9.17) is 0 Å². The van der Waals surface area contributed by atoms with Gasteiger partial charge in [0.2, 0.25) is 6.54 Å². The Balaban J connectivity index is 2.80. The Bertz CT molecular complexity index is 383. The molecule has 0 fully saturated rings. The summed E-state index contributed by atoms with van der Waals surface area (Å²) in [4.78, 5) is 21.0. The Hall–Kier alpha value is -1.85. The number of aromatic nitrogens is 1. The van der Waals surface area contributed by atoms with Crippen LogP contribution in [0.25, 0.3) is 0 Å². The highest BCUT2D eigenvalue weighted by atomic mass is 16.6. The topological polar surface area (TPSA) is 74.4 Å². The molecule has 1 aromatic heterocycles. The number of carbonyl (C=O) groups excluding carboxylic acids is 1. The van der Waals surface area contributed by atoms with Gasteiger partial charge in [-0.25, -0.2) is 4.79 Å². The molecule has 0 saturated heterocycles. The van der Waals surface area contributed by atoms with Crippen LogP contribution in [0, 0.1) is 10.1 Å². The first kappa shape index (κ1) is 11.2. The van der Waals surface area contributed by atoms with E-state index in [0.717, 1.165) is 5.69 Å². The van der Waals surface area contributed by atoms with Crippen molar-refractivity contribution >= 4 is 5.97 Å². The van der Waals surface area contributed by atoms with Crippen LogP contribution >= 0.6 is 0 Å². The molecule has 0 bridgehead atoms. The molecule has 0 aliphatic carbocycles. The van der Waals surface area contributed by atoms with Crippen molar-refractivity contribution in [3.05, 3.63) is 33.6 Å². The van der Waals surface area contributed by atoms with Crippen molar-refractivity contribution < 1.29 is 14.5 Å². The zero-order valence-electron chi connectivity index (χ0n) is 8.60. The maximum atomic E-state index is 11.2. The molecule has 0 N–H and O–H groups in total. The summed E-state index contributed by atoms with van der Waals surface area (Å²) in [6.07, 6.45) is 0.306. The summed E-state index contributed by atoms with van der Waals surface area (Å²) in [5, 5.41) is 10.2. The van der Waals surface area contributed by atoms with E-state index < -0.39 is 5.97 Å². The summed E-state index contributed by atoms with van der Waals surface area (Å²) in [5.41, 5.74) is 1.14. The number of esters is 1. The molecule has 0 aliphatic heterocycles. The van der Waals surface area contributed by atoms with Gasteiger partial charge in [0.1, 0.15) is 5.69 Å². The first-order valence-electron chi connectivity index (χ1n) is 4.41. The Morgan fingerprint density at radius 1 is 1.60 bits per heavy atom. The molecule has 0 spiro atoms. The summed E-state index contributed by atoms with van der Waals surface area (Å²) in [6.45, 7) is -0.140. The number of nitro groups is 1. The van der Waals surface area contributed by atoms with Crippen LogP contribution in [0.3, 0.4) is 0 Å². The number of hydrogen-bond donors (Lipinski definition) is 0. The number of carbonyl (C=O) groups is 1. The fourth-order valence-electron chi connectivity index (χ4n) is 1.32. The smallest absolute Gasteiger partial charge is 0.354 e. The van der Waals surface area contributed by atoms with Crippen LogP contribution in [-0.2, 0) is 18.2 Å². The van der Waals surface area contributed by atoms with Crippen LogP contribution in [0.4, 0.5) is 0 Å². The van der Waals surface area contributed by atoms with Crippen LogP contribution in [0.15, 0.2) is 12.1 Å². The second kappa shape index (κ2) is 4.59. The van der Waals surface area contributed by atoms with E-state index in [1.165, 1.54) is 7.11 Å². The minimum absolute atomic E-state index is 0.140. The summed E-state index contributed by atoms with van der Waals surface area (Å²) < 4.78 is 6.17. The van der Waals surface area contributed by atoms with E-state index in [1.807, 2.05) is 0 Å². The van der Waals surface area contributed by atoms with Gasteiger partial charge in [0.25, 0.3) is 0 Å². The third-order valence-corrected chi connectivity index (χ3v) is 2.17. The van der Waals surface area contributed by atoms with Crippen LogP contribution < -0.4 is 0 Å². The van der Waals surface area contributed by atoms with Gasteiger partial charge in [0.15, 0.2) is 0 Å².